The maximum Gasteiger partial charge on any atom is 0.175 e. The van der Waals surface area contributed by atoms with Crippen LogP contribution in [0, 0.1) is 17.5 Å². The van der Waals surface area contributed by atoms with Gasteiger partial charge >= 0.3 is 0 Å². The van der Waals surface area contributed by atoms with Gasteiger partial charge in [-0.2, -0.15) is 0 Å². The van der Waals surface area contributed by atoms with Crippen molar-refractivity contribution in [3.05, 3.63) is 65.0 Å². The minimum absolute atomic E-state index is 0.0124. The maximum absolute atomic E-state index is 13.7. The zero-order valence-electron chi connectivity index (χ0n) is 11.0. The summed E-state index contributed by atoms with van der Waals surface area (Å²) in [7, 11) is -3.45. The van der Waals surface area contributed by atoms with Gasteiger partial charge in [0, 0.05) is 17.9 Å². The van der Waals surface area contributed by atoms with Crippen LogP contribution in [0.15, 0.2) is 41.3 Å². The van der Waals surface area contributed by atoms with E-state index in [9.17, 15) is 21.6 Å². The summed E-state index contributed by atoms with van der Waals surface area (Å²) < 4.78 is 62.8. The highest BCUT2D eigenvalue weighted by molar-refractivity contribution is 7.90. The molecule has 112 valence electrons. The smallest absolute Gasteiger partial charge is 0.175 e. The Kier molecular flexibility index (Phi) is 4.06. The van der Waals surface area contributed by atoms with E-state index < -0.39 is 33.3 Å². The Morgan fingerprint density at radius 2 is 1.62 bits per heavy atom. The van der Waals surface area contributed by atoms with Crippen molar-refractivity contribution >= 4 is 9.84 Å². The standard InChI is InChI=1S/C14H12F3NO2S/c1-21(19,20)9-4-2-3-8(5-9)14(18)10-6-12(16)13(17)7-11(10)15/h2-7,14H,18H2,1H3. The molecule has 0 aliphatic carbocycles. The highest BCUT2D eigenvalue weighted by Gasteiger charge is 2.18. The molecule has 3 nitrogen and oxygen atoms in total. The first-order chi connectivity index (χ1) is 9.70. The summed E-state index contributed by atoms with van der Waals surface area (Å²) in [4.78, 5) is 0.0124. The zero-order chi connectivity index (χ0) is 15.8. The number of halogens is 3. The van der Waals surface area contributed by atoms with Crippen molar-refractivity contribution in [2.24, 2.45) is 5.73 Å². The van der Waals surface area contributed by atoms with Gasteiger partial charge in [-0.05, 0) is 23.8 Å². The predicted octanol–water partition coefficient (Wildman–Crippen LogP) is 2.56. The van der Waals surface area contributed by atoms with Crippen molar-refractivity contribution in [1.29, 1.82) is 0 Å². The van der Waals surface area contributed by atoms with Gasteiger partial charge < -0.3 is 5.73 Å². The molecule has 0 saturated carbocycles. The van der Waals surface area contributed by atoms with Crippen LogP contribution in [0.5, 0.6) is 0 Å². The van der Waals surface area contributed by atoms with Crippen molar-refractivity contribution in [1.82, 2.24) is 0 Å². The first-order valence-electron chi connectivity index (χ1n) is 5.90. The third-order valence-electron chi connectivity index (χ3n) is 3.02. The Balaban J connectivity index is 2.50. The van der Waals surface area contributed by atoms with E-state index in [4.69, 9.17) is 5.73 Å². The second kappa shape index (κ2) is 5.50. The van der Waals surface area contributed by atoms with Gasteiger partial charge in [-0.25, -0.2) is 21.6 Å². The lowest BCUT2D eigenvalue weighted by Crippen LogP contribution is -2.15. The summed E-state index contributed by atoms with van der Waals surface area (Å²) in [5, 5.41) is 0. The molecule has 0 radical (unpaired) electrons. The molecule has 0 saturated heterocycles. The van der Waals surface area contributed by atoms with Crippen LogP contribution in [-0.4, -0.2) is 14.7 Å². The van der Waals surface area contributed by atoms with E-state index in [0.29, 0.717) is 12.1 Å². The Hall–Kier alpha value is -1.86. The molecule has 2 rings (SSSR count). The number of hydrogen-bond acceptors (Lipinski definition) is 3. The molecule has 7 heteroatoms. The lowest BCUT2D eigenvalue weighted by molar-refractivity contribution is 0.487. The van der Waals surface area contributed by atoms with Crippen LogP contribution in [0.25, 0.3) is 0 Å². The quantitative estimate of drug-likeness (QED) is 0.886. The number of hydrogen-bond donors (Lipinski definition) is 1. The van der Waals surface area contributed by atoms with E-state index in [0.717, 1.165) is 6.26 Å². The summed E-state index contributed by atoms with van der Waals surface area (Å²) in [6.45, 7) is 0. The van der Waals surface area contributed by atoms with Crippen molar-refractivity contribution in [2.45, 2.75) is 10.9 Å². The summed E-state index contributed by atoms with van der Waals surface area (Å²) in [5.41, 5.74) is 5.85. The van der Waals surface area contributed by atoms with E-state index in [2.05, 4.69) is 0 Å². The Bertz CT molecular complexity index is 791. The van der Waals surface area contributed by atoms with E-state index in [1.807, 2.05) is 0 Å². The fourth-order valence-corrected chi connectivity index (χ4v) is 2.57. The fraction of sp³-hybridized carbons (Fsp3) is 0.143. The largest absolute Gasteiger partial charge is 0.320 e. The predicted molar refractivity (Wildman–Crippen MR) is 71.9 cm³/mol. The number of rotatable bonds is 3. The average Bonchev–Trinajstić information content (AvgIpc) is 2.41. The van der Waals surface area contributed by atoms with Gasteiger partial charge in [0.1, 0.15) is 5.82 Å². The number of benzene rings is 2. The summed E-state index contributed by atoms with van der Waals surface area (Å²) in [6.07, 6.45) is 1.02. The van der Waals surface area contributed by atoms with E-state index in [1.165, 1.54) is 24.3 Å². The van der Waals surface area contributed by atoms with Gasteiger partial charge in [-0.1, -0.05) is 12.1 Å². The zero-order valence-corrected chi connectivity index (χ0v) is 11.8. The topological polar surface area (TPSA) is 60.2 Å². The minimum Gasteiger partial charge on any atom is -0.320 e. The second-order valence-corrected chi connectivity index (χ2v) is 6.63. The van der Waals surface area contributed by atoms with Gasteiger partial charge in [0.15, 0.2) is 21.5 Å². The molecule has 0 bridgehead atoms. The van der Waals surface area contributed by atoms with Crippen LogP contribution >= 0.6 is 0 Å². The Morgan fingerprint density at radius 1 is 1.00 bits per heavy atom. The average molecular weight is 315 g/mol. The number of sulfone groups is 1. The second-order valence-electron chi connectivity index (χ2n) is 4.61. The third kappa shape index (κ3) is 3.25. The summed E-state index contributed by atoms with van der Waals surface area (Å²) in [5.74, 6) is -3.53. The normalized spacial score (nSPS) is 13.2. The SMILES string of the molecule is CS(=O)(=O)c1cccc(C(N)c2cc(F)c(F)cc2F)c1. The molecule has 0 aliphatic rings. The molecule has 0 aromatic heterocycles. The van der Waals surface area contributed by atoms with Gasteiger partial charge in [0.25, 0.3) is 0 Å². The highest BCUT2D eigenvalue weighted by atomic mass is 32.2. The number of nitrogens with two attached hydrogens (primary N) is 1. The first kappa shape index (κ1) is 15.5. The van der Waals surface area contributed by atoms with Crippen molar-refractivity contribution < 1.29 is 21.6 Å². The molecule has 21 heavy (non-hydrogen) atoms. The fourth-order valence-electron chi connectivity index (χ4n) is 1.89. The van der Waals surface area contributed by atoms with Crippen LogP contribution in [0.2, 0.25) is 0 Å². The molecule has 0 spiro atoms. The van der Waals surface area contributed by atoms with Gasteiger partial charge in [-0.3, -0.25) is 0 Å². The van der Waals surface area contributed by atoms with Gasteiger partial charge in [0.2, 0.25) is 0 Å². The molecule has 0 aliphatic heterocycles. The van der Waals surface area contributed by atoms with Gasteiger partial charge in [-0.15, -0.1) is 0 Å². The molecular weight excluding hydrogens is 303 g/mol. The molecule has 0 heterocycles. The molecule has 2 aromatic rings. The summed E-state index contributed by atoms with van der Waals surface area (Å²) >= 11 is 0. The molecule has 1 unspecified atom stereocenters. The van der Waals surface area contributed by atoms with Crippen LogP contribution in [0.4, 0.5) is 13.2 Å². The molecule has 2 aromatic carbocycles. The van der Waals surface area contributed by atoms with Crippen molar-refractivity contribution in [2.75, 3.05) is 6.26 Å². The highest BCUT2D eigenvalue weighted by Crippen LogP contribution is 2.25. The van der Waals surface area contributed by atoms with E-state index in [-0.39, 0.29) is 16.0 Å². The molecular formula is C14H12F3NO2S. The summed E-state index contributed by atoms with van der Waals surface area (Å²) in [6, 6.07) is 5.55. The van der Waals surface area contributed by atoms with Crippen LogP contribution in [0.3, 0.4) is 0 Å². The van der Waals surface area contributed by atoms with Crippen molar-refractivity contribution in [3.63, 3.8) is 0 Å². The van der Waals surface area contributed by atoms with Crippen LogP contribution < -0.4 is 5.73 Å². The lowest BCUT2D eigenvalue weighted by atomic mass is 9.99. The monoisotopic (exact) mass is 315 g/mol. The van der Waals surface area contributed by atoms with Gasteiger partial charge in [0.05, 0.1) is 10.9 Å². The Labute approximate surface area is 120 Å². The van der Waals surface area contributed by atoms with E-state index >= 15 is 0 Å². The van der Waals surface area contributed by atoms with Crippen LogP contribution in [0.1, 0.15) is 17.2 Å². The maximum atomic E-state index is 13.7. The van der Waals surface area contributed by atoms with E-state index in [1.54, 1.807) is 0 Å². The molecule has 2 N–H and O–H groups in total. The molecule has 1 atom stereocenters. The molecule has 0 fully saturated rings. The Morgan fingerprint density at radius 3 is 2.24 bits per heavy atom. The lowest BCUT2D eigenvalue weighted by Gasteiger charge is -2.14. The minimum atomic E-state index is -3.45. The molecule has 0 amide bonds. The first-order valence-corrected chi connectivity index (χ1v) is 7.79. The van der Waals surface area contributed by atoms with Crippen LogP contribution in [-0.2, 0) is 9.84 Å². The third-order valence-corrected chi connectivity index (χ3v) is 4.13. The van der Waals surface area contributed by atoms with Crippen molar-refractivity contribution in [3.8, 4) is 0 Å².